The zero-order chi connectivity index (χ0) is 8.15. The van der Waals surface area contributed by atoms with Crippen molar-refractivity contribution in [3.8, 4) is 0 Å². The molecule has 0 amide bonds. The lowest BCUT2D eigenvalue weighted by Gasteiger charge is -2.00. The Hall–Kier alpha value is -0.920. The van der Waals surface area contributed by atoms with Gasteiger partial charge in [0.1, 0.15) is 12.1 Å². The summed E-state index contributed by atoms with van der Waals surface area (Å²) in [7, 11) is 0. The normalized spacial score (nSPS) is 9.50. The smallest absolute Gasteiger partial charge is 0.145 e. The average molecular weight is 140 g/mol. The van der Waals surface area contributed by atoms with E-state index in [1.807, 2.05) is 0 Å². The van der Waals surface area contributed by atoms with E-state index in [0.717, 1.165) is 0 Å². The third kappa shape index (κ3) is 3.17. The fourth-order valence-corrected chi connectivity index (χ4v) is 0.470. The Labute approximate surface area is 60.9 Å². The van der Waals surface area contributed by atoms with Crippen molar-refractivity contribution in [2.24, 2.45) is 5.92 Å². The van der Waals surface area contributed by atoms with Crippen LogP contribution in [0.2, 0.25) is 0 Å². The summed E-state index contributed by atoms with van der Waals surface area (Å²) in [5.74, 6) is 0.0637. The third-order valence-electron chi connectivity index (χ3n) is 1.21. The monoisotopic (exact) mass is 140 g/mol. The van der Waals surface area contributed by atoms with E-state index in [1.165, 1.54) is 0 Å². The largest absolute Gasteiger partial charge is 0.299 e. The molecular weight excluding hydrogens is 128 g/mol. The number of rotatable bonds is 4. The van der Waals surface area contributed by atoms with Gasteiger partial charge in [-0.25, -0.2) is 0 Å². The van der Waals surface area contributed by atoms with Crippen LogP contribution in [-0.2, 0) is 9.59 Å². The molecule has 0 aliphatic rings. The lowest BCUT2D eigenvalue weighted by atomic mass is 10.0. The van der Waals surface area contributed by atoms with Gasteiger partial charge in [-0.05, 0) is 5.57 Å². The summed E-state index contributed by atoms with van der Waals surface area (Å²) in [6, 6.07) is 0. The number of carbonyl (C=O) groups is 2. The molecule has 0 aromatic heterocycles. The second-order valence-corrected chi connectivity index (χ2v) is 2.57. The van der Waals surface area contributed by atoms with E-state index >= 15 is 0 Å². The molecule has 0 heterocycles. The minimum Gasteiger partial charge on any atom is -0.299 e. The van der Waals surface area contributed by atoms with Gasteiger partial charge in [0.2, 0.25) is 0 Å². The Morgan fingerprint density at radius 1 is 1.60 bits per heavy atom. The molecule has 0 aromatic carbocycles. The minimum atomic E-state index is -0.00306. The molecule has 0 saturated heterocycles. The van der Waals surface area contributed by atoms with Gasteiger partial charge in [-0.2, -0.15) is 0 Å². The van der Waals surface area contributed by atoms with Gasteiger partial charge in [-0.1, -0.05) is 20.4 Å². The molecule has 0 aliphatic heterocycles. The average Bonchev–Trinajstić information content (AvgIpc) is 1.87. The lowest BCUT2D eigenvalue weighted by molar-refractivity contribution is -0.121. The van der Waals surface area contributed by atoms with Crippen LogP contribution < -0.4 is 0 Å². The van der Waals surface area contributed by atoms with Crippen LogP contribution in [0, 0.1) is 5.92 Å². The van der Waals surface area contributed by atoms with Crippen LogP contribution in [0.4, 0.5) is 0 Å². The molecule has 10 heavy (non-hydrogen) atoms. The molecule has 0 bridgehead atoms. The van der Waals surface area contributed by atoms with Crippen molar-refractivity contribution >= 4 is 12.1 Å². The van der Waals surface area contributed by atoms with E-state index in [-0.39, 0.29) is 18.1 Å². The number of hydrogen-bond donors (Lipinski definition) is 0. The molecule has 56 valence electrons. The molecule has 2 nitrogen and oxygen atoms in total. The maximum atomic E-state index is 10.9. The van der Waals surface area contributed by atoms with Crippen molar-refractivity contribution in [3.63, 3.8) is 0 Å². The predicted molar refractivity (Wildman–Crippen MR) is 39.7 cm³/mol. The maximum Gasteiger partial charge on any atom is 0.145 e. The Kier molecular flexibility index (Phi) is 3.62. The second-order valence-electron chi connectivity index (χ2n) is 2.57. The quantitative estimate of drug-likeness (QED) is 0.436. The van der Waals surface area contributed by atoms with Crippen molar-refractivity contribution in [2.75, 3.05) is 0 Å². The van der Waals surface area contributed by atoms with E-state index < -0.39 is 0 Å². The summed E-state index contributed by atoms with van der Waals surface area (Å²) in [6.07, 6.45) is 0.821. The van der Waals surface area contributed by atoms with E-state index in [1.54, 1.807) is 13.8 Å². The summed E-state index contributed by atoms with van der Waals surface area (Å²) in [4.78, 5) is 20.9. The van der Waals surface area contributed by atoms with Gasteiger partial charge in [-0.3, -0.25) is 9.59 Å². The van der Waals surface area contributed by atoms with Crippen LogP contribution in [0.5, 0.6) is 0 Å². The van der Waals surface area contributed by atoms with Crippen molar-refractivity contribution in [1.82, 2.24) is 0 Å². The van der Waals surface area contributed by atoms with E-state index in [9.17, 15) is 9.59 Å². The zero-order valence-corrected chi connectivity index (χ0v) is 6.39. The zero-order valence-electron chi connectivity index (χ0n) is 6.39. The van der Waals surface area contributed by atoms with E-state index in [4.69, 9.17) is 0 Å². The number of carbonyl (C=O) groups excluding carboxylic acids is 2. The number of aldehydes is 1. The van der Waals surface area contributed by atoms with Gasteiger partial charge in [0, 0.05) is 12.3 Å². The summed E-state index contributed by atoms with van der Waals surface area (Å²) >= 11 is 0. The molecule has 0 fully saturated rings. The van der Waals surface area contributed by atoms with E-state index in [0.29, 0.717) is 11.9 Å². The molecular formula is C8H12O2. The Morgan fingerprint density at radius 3 is 2.40 bits per heavy atom. The number of Topliss-reactive ketones (excluding diaryl/α,β-unsaturated/α-hetero) is 1. The molecule has 0 radical (unpaired) electrons. The van der Waals surface area contributed by atoms with E-state index in [2.05, 4.69) is 6.58 Å². The first-order chi connectivity index (χ1) is 4.57. The van der Waals surface area contributed by atoms with Crippen LogP contribution in [-0.4, -0.2) is 12.1 Å². The van der Waals surface area contributed by atoms with Crippen LogP contribution in [0.1, 0.15) is 20.3 Å². The van der Waals surface area contributed by atoms with Gasteiger partial charge in [0.05, 0.1) is 0 Å². The SMILES string of the molecule is C=C(C=O)CC(=O)C(C)C. The first-order valence-electron chi connectivity index (χ1n) is 3.23. The topological polar surface area (TPSA) is 34.1 Å². The molecule has 2 heteroatoms. The van der Waals surface area contributed by atoms with Crippen LogP contribution in [0.25, 0.3) is 0 Å². The van der Waals surface area contributed by atoms with Gasteiger partial charge >= 0.3 is 0 Å². The van der Waals surface area contributed by atoms with Gasteiger partial charge in [0.15, 0.2) is 0 Å². The summed E-state index contributed by atoms with van der Waals surface area (Å²) in [6.45, 7) is 7.02. The predicted octanol–water partition coefficient (Wildman–Crippen LogP) is 1.36. The van der Waals surface area contributed by atoms with Gasteiger partial charge < -0.3 is 0 Å². The highest BCUT2D eigenvalue weighted by atomic mass is 16.1. The maximum absolute atomic E-state index is 10.9. The lowest BCUT2D eigenvalue weighted by Crippen LogP contribution is -2.07. The Bertz CT molecular complexity index is 157. The fraction of sp³-hybridized carbons (Fsp3) is 0.500. The van der Waals surface area contributed by atoms with Crippen LogP contribution in [0.15, 0.2) is 12.2 Å². The minimum absolute atomic E-state index is 0.00306. The molecule has 0 unspecified atom stereocenters. The highest BCUT2D eigenvalue weighted by Gasteiger charge is 2.07. The summed E-state index contributed by atoms with van der Waals surface area (Å²) in [5.41, 5.74) is 0.360. The molecule has 0 atom stereocenters. The van der Waals surface area contributed by atoms with Crippen molar-refractivity contribution in [1.29, 1.82) is 0 Å². The van der Waals surface area contributed by atoms with Crippen LogP contribution in [0.3, 0.4) is 0 Å². The highest BCUT2D eigenvalue weighted by molar-refractivity contribution is 5.89. The molecule has 0 N–H and O–H groups in total. The molecule has 0 saturated carbocycles. The standard InChI is InChI=1S/C8H12O2/c1-6(2)8(10)4-7(3)5-9/h5-6H,3-4H2,1-2H3. The first-order valence-corrected chi connectivity index (χ1v) is 3.23. The Morgan fingerprint density at radius 2 is 2.10 bits per heavy atom. The van der Waals surface area contributed by atoms with Crippen molar-refractivity contribution in [3.05, 3.63) is 12.2 Å². The van der Waals surface area contributed by atoms with Crippen LogP contribution >= 0.6 is 0 Å². The molecule has 0 aromatic rings. The van der Waals surface area contributed by atoms with Gasteiger partial charge in [0.25, 0.3) is 0 Å². The number of allylic oxidation sites excluding steroid dienone is 1. The molecule has 0 spiro atoms. The van der Waals surface area contributed by atoms with Crippen molar-refractivity contribution in [2.45, 2.75) is 20.3 Å². The fourth-order valence-electron chi connectivity index (χ4n) is 0.470. The summed E-state index contributed by atoms with van der Waals surface area (Å²) < 4.78 is 0. The second kappa shape index (κ2) is 3.99. The molecule has 0 rings (SSSR count). The number of hydrogen-bond acceptors (Lipinski definition) is 2. The summed E-state index contributed by atoms with van der Waals surface area (Å²) in [5, 5.41) is 0. The Balaban J connectivity index is 3.80. The van der Waals surface area contributed by atoms with Crippen molar-refractivity contribution < 1.29 is 9.59 Å². The first kappa shape index (κ1) is 9.08. The molecule has 0 aliphatic carbocycles. The number of ketones is 1. The third-order valence-corrected chi connectivity index (χ3v) is 1.21. The van der Waals surface area contributed by atoms with Gasteiger partial charge in [-0.15, -0.1) is 0 Å². The highest BCUT2D eigenvalue weighted by Crippen LogP contribution is 2.03.